The van der Waals surface area contributed by atoms with Crippen LogP contribution in [0.5, 0.6) is 0 Å². The van der Waals surface area contributed by atoms with Crippen molar-refractivity contribution < 1.29 is 24.2 Å². The molecule has 1 heterocycles. The minimum Gasteiger partial charge on any atom is -0.462 e. The number of hydrogen-bond acceptors (Lipinski definition) is 5. The molecule has 5 rings (SSSR count). The molecule has 3 saturated carbocycles. The number of aliphatic hydroxyl groups is 1. The first-order valence-electron chi connectivity index (χ1n) is 12.6. The summed E-state index contributed by atoms with van der Waals surface area (Å²) in [6.45, 7) is 13.4. The van der Waals surface area contributed by atoms with E-state index in [1.165, 1.54) is 12.5 Å². The molecule has 0 aromatic carbocycles. The molecule has 4 aliphatic carbocycles. The molecule has 1 aliphatic heterocycles. The average Bonchev–Trinajstić information content (AvgIpc) is 3.08. The molecule has 0 radical (unpaired) electrons. The Kier molecular flexibility index (Phi) is 4.88. The lowest BCUT2D eigenvalue weighted by molar-refractivity contribution is -0.250. The molecule has 32 heavy (non-hydrogen) atoms. The predicted molar refractivity (Wildman–Crippen MR) is 120 cm³/mol. The minimum absolute atomic E-state index is 0.0406. The van der Waals surface area contributed by atoms with Gasteiger partial charge in [0.1, 0.15) is 11.9 Å². The Labute approximate surface area is 192 Å². The molecule has 5 aliphatic rings. The third kappa shape index (κ3) is 2.70. The van der Waals surface area contributed by atoms with E-state index in [2.05, 4.69) is 40.7 Å². The number of ketones is 1. The van der Waals surface area contributed by atoms with Crippen LogP contribution in [0.1, 0.15) is 80.1 Å². The van der Waals surface area contributed by atoms with Crippen molar-refractivity contribution in [3.63, 3.8) is 0 Å². The SMILES string of the molecule is CC(=O)O[C@H]1CC2[C@@]3(C)CCC(=O)C(C)(C)C3CC[C@@]2(C)C2CC=C3CO[C@@H](O)[C@@H]3[C@]21C. The van der Waals surface area contributed by atoms with Gasteiger partial charge in [-0.15, -0.1) is 0 Å². The van der Waals surface area contributed by atoms with Crippen LogP contribution in [-0.4, -0.2) is 35.9 Å². The lowest BCUT2D eigenvalue weighted by atomic mass is 9.34. The lowest BCUT2D eigenvalue weighted by Gasteiger charge is -2.70. The number of esters is 1. The zero-order chi connectivity index (χ0) is 23.3. The molecule has 5 heteroatoms. The number of ether oxygens (including phenoxy) is 2. The molecule has 4 fully saturated rings. The average molecular weight is 445 g/mol. The molecule has 1 saturated heterocycles. The smallest absolute Gasteiger partial charge is 0.302 e. The van der Waals surface area contributed by atoms with Crippen LogP contribution in [0.15, 0.2) is 11.6 Å². The molecule has 0 bridgehead atoms. The van der Waals surface area contributed by atoms with Gasteiger partial charge in [0.2, 0.25) is 0 Å². The number of rotatable bonds is 1. The standard InChI is InChI=1S/C27H40O5/c1-15(28)32-21-13-19-25(4)12-10-20(29)24(2,3)17(25)9-11-26(19,5)18-8-7-16-14-31-23(30)22(16)27(18,21)6/h7,17-19,21-23,30H,8-14H2,1-6H3/t17?,18?,19?,21-,22+,23+,25-,26-,27+/m0/s1. The van der Waals surface area contributed by atoms with Gasteiger partial charge < -0.3 is 14.6 Å². The van der Waals surface area contributed by atoms with Gasteiger partial charge in [0.15, 0.2) is 6.29 Å². The Hall–Kier alpha value is -1.20. The number of allylic oxidation sites excluding steroid dienone is 1. The molecule has 0 aromatic rings. The molecular formula is C27H40O5. The number of aliphatic hydroxyl groups excluding tert-OH is 1. The number of Topliss-reactive ketones (excluding diaryl/α,β-unsaturated/α-hetero) is 1. The topological polar surface area (TPSA) is 72.8 Å². The van der Waals surface area contributed by atoms with Gasteiger partial charge in [-0.1, -0.05) is 40.7 Å². The van der Waals surface area contributed by atoms with Gasteiger partial charge >= 0.3 is 5.97 Å². The monoisotopic (exact) mass is 444 g/mol. The number of hydrogen-bond donors (Lipinski definition) is 1. The Bertz CT molecular complexity index is 875. The van der Waals surface area contributed by atoms with E-state index in [9.17, 15) is 14.7 Å². The van der Waals surface area contributed by atoms with E-state index >= 15 is 0 Å². The van der Waals surface area contributed by atoms with Crippen molar-refractivity contribution in [2.45, 2.75) is 92.5 Å². The fourth-order valence-corrected chi connectivity index (χ4v) is 9.77. The van der Waals surface area contributed by atoms with Crippen molar-refractivity contribution in [3.05, 3.63) is 11.6 Å². The Morgan fingerprint density at radius 1 is 1.09 bits per heavy atom. The first-order chi connectivity index (χ1) is 14.9. The van der Waals surface area contributed by atoms with E-state index in [4.69, 9.17) is 9.47 Å². The van der Waals surface area contributed by atoms with Crippen LogP contribution < -0.4 is 0 Å². The summed E-state index contributed by atoms with van der Waals surface area (Å²) in [5, 5.41) is 10.9. The predicted octanol–water partition coefficient (Wildman–Crippen LogP) is 4.67. The summed E-state index contributed by atoms with van der Waals surface area (Å²) in [5.74, 6) is 1.04. The molecule has 178 valence electrons. The third-order valence-electron chi connectivity index (χ3n) is 11.2. The number of carbonyl (C=O) groups excluding carboxylic acids is 2. The first-order valence-corrected chi connectivity index (χ1v) is 12.6. The summed E-state index contributed by atoms with van der Waals surface area (Å²) in [6, 6.07) is 0. The molecular weight excluding hydrogens is 404 g/mol. The van der Waals surface area contributed by atoms with Crippen LogP contribution in [0.3, 0.4) is 0 Å². The highest BCUT2D eigenvalue weighted by atomic mass is 16.6. The number of carbonyl (C=O) groups is 2. The van der Waals surface area contributed by atoms with Crippen molar-refractivity contribution in [2.24, 2.45) is 45.3 Å². The Balaban J connectivity index is 1.63. The van der Waals surface area contributed by atoms with Crippen molar-refractivity contribution in [1.29, 1.82) is 0 Å². The second kappa shape index (κ2) is 6.91. The highest BCUT2D eigenvalue weighted by molar-refractivity contribution is 5.85. The Morgan fingerprint density at radius 2 is 1.78 bits per heavy atom. The van der Waals surface area contributed by atoms with E-state index < -0.39 is 6.29 Å². The van der Waals surface area contributed by atoms with Crippen LogP contribution in [0.4, 0.5) is 0 Å². The van der Waals surface area contributed by atoms with Crippen molar-refractivity contribution >= 4 is 11.8 Å². The molecule has 3 unspecified atom stereocenters. The maximum atomic E-state index is 12.9. The summed E-state index contributed by atoms with van der Waals surface area (Å²) in [5.41, 5.74) is 0.609. The molecule has 0 aromatic heterocycles. The molecule has 9 atom stereocenters. The second-order valence-electron chi connectivity index (χ2n) is 12.7. The summed E-state index contributed by atoms with van der Waals surface area (Å²) >= 11 is 0. The van der Waals surface area contributed by atoms with E-state index in [-0.39, 0.29) is 39.7 Å². The van der Waals surface area contributed by atoms with Gasteiger partial charge in [0, 0.05) is 30.1 Å². The molecule has 1 N–H and O–H groups in total. The van der Waals surface area contributed by atoms with Gasteiger partial charge in [0.05, 0.1) is 6.61 Å². The largest absolute Gasteiger partial charge is 0.462 e. The molecule has 0 spiro atoms. The zero-order valence-corrected chi connectivity index (χ0v) is 20.6. The summed E-state index contributed by atoms with van der Waals surface area (Å²) < 4.78 is 11.8. The minimum atomic E-state index is -0.842. The summed E-state index contributed by atoms with van der Waals surface area (Å²) in [6.07, 6.45) is 6.65. The van der Waals surface area contributed by atoms with Crippen molar-refractivity contribution in [3.8, 4) is 0 Å². The summed E-state index contributed by atoms with van der Waals surface area (Å²) in [4.78, 5) is 25.2. The van der Waals surface area contributed by atoms with Gasteiger partial charge in [-0.25, -0.2) is 0 Å². The van der Waals surface area contributed by atoms with E-state index in [0.717, 1.165) is 32.1 Å². The van der Waals surface area contributed by atoms with Crippen molar-refractivity contribution in [1.82, 2.24) is 0 Å². The fraction of sp³-hybridized carbons (Fsp3) is 0.852. The normalized spacial score (nSPS) is 51.6. The lowest BCUT2D eigenvalue weighted by Crippen LogP contribution is -2.68. The van der Waals surface area contributed by atoms with Gasteiger partial charge in [0.25, 0.3) is 0 Å². The Morgan fingerprint density at radius 3 is 2.47 bits per heavy atom. The molecule has 5 nitrogen and oxygen atoms in total. The highest BCUT2D eigenvalue weighted by Gasteiger charge is 2.70. The maximum absolute atomic E-state index is 12.9. The highest BCUT2D eigenvalue weighted by Crippen LogP contribution is 2.73. The zero-order valence-electron chi connectivity index (χ0n) is 20.6. The van der Waals surface area contributed by atoms with Crippen LogP contribution in [-0.2, 0) is 19.1 Å². The van der Waals surface area contributed by atoms with Crippen LogP contribution in [0, 0.1) is 45.3 Å². The van der Waals surface area contributed by atoms with Gasteiger partial charge in [-0.2, -0.15) is 0 Å². The van der Waals surface area contributed by atoms with Gasteiger partial charge in [-0.05, 0) is 66.3 Å². The van der Waals surface area contributed by atoms with Crippen LogP contribution in [0.2, 0.25) is 0 Å². The summed E-state index contributed by atoms with van der Waals surface area (Å²) in [7, 11) is 0. The molecule has 0 amide bonds. The van der Waals surface area contributed by atoms with Gasteiger partial charge in [-0.3, -0.25) is 9.59 Å². The second-order valence-corrected chi connectivity index (χ2v) is 12.7. The van der Waals surface area contributed by atoms with Crippen LogP contribution >= 0.6 is 0 Å². The van der Waals surface area contributed by atoms with E-state index in [1.807, 2.05) is 0 Å². The first kappa shape index (κ1) is 22.6. The van der Waals surface area contributed by atoms with E-state index in [1.54, 1.807) is 0 Å². The van der Waals surface area contributed by atoms with E-state index in [0.29, 0.717) is 36.6 Å². The third-order valence-corrected chi connectivity index (χ3v) is 11.2. The maximum Gasteiger partial charge on any atom is 0.302 e. The van der Waals surface area contributed by atoms with Crippen LogP contribution in [0.25, 0.3) is 0 Å². The van der Waals surface area contributed by atoms with Crippen molar-refractivity contribution in [2.75, 3.05) is 6.61 Å². The number of fused-ring (bicyclic) bond motifs is 7. The quantitative estimate of drug-likeness (QED) is 0.470. The fourth-order valence-electron chi connectivity index (χ4n) is 9.77.